The second-order valence-electron chi connectivity index (χ2n) is 5.50. The Kier molecular flexibility index (Phi) is 5.79. The molecule has 4 nitrogen and oxygen atoms in total. The van der Waals surface area contributed by atoms with E-state index in [1.54, 1.807) is 12.1 Å². The zero-order valence-electron chi connectivity index (χ0n) is 12.4. The second-order valence-corrected chi connectivity index (χ2v) is 5.50. The van der Waals surface area contributed by atoms with Crippen LogP contribution in [0.1, 0.15) is 28.8 Å². The van der Waals surface area contributed by atoms with Crippen LogP contribution >= 0.6 is 0 Å². The molecule has 1 fully saturated rings. The van der Waals surface area contributed by atoms with Gasteiger partial charge in [-0.1, -0.05) is 17.9 Å². The van der Waals surface area contributed by atoms with Crippen molar-refractivity contribution in [3.63, 3.8) is 0 Å². The molecule has 0 aromatic heterocycles. The fraction of sp³-hybridized carbons (Fsp3) is 0.471. The van der Waals surface area contributed by atoms with E-state index in [0.29, 0.717) is 11.5 Å². The Bertz CT molecular complexity index is 537. The minimum absolute atomic E-state index is 0.0541. The van der Waals surface area contributed by atoms with Crippen LogP contribution in [-0.4, -0.2) is 49.2 Å². The van der Waals surface area contributed by atoms with Crippen LogP contribution in [0.4, 0.5) is 0 Å². The summed E-state index contributed by atoms with van der Waals surface area (Å²) in [6.45, 7) is 2.77. The molecule has 21 heavy (non-hydrogen) atoms. The number of nitrogens with one attached hydrogen (secondary N) is 1. The van der Waals surface area contributed by atoms with Crippen molar-refractivity contribution >= 4 is 5.91 Å². The Balaban J connectivity index is 1.88. The van der Waals surface area contributed by atoms with E-state index < -0.39 is 0 Å². The number of rotatable bonds is 3. The first-order valence-corrected chi connectivity index (χ1v) is 7.35. The summed E-state index contributed by atoms with van der Waals surface area (Å²) in [6.07, 6.45) is 2.28. The van der Waals surface area contributed by atoms with Crippen molar-refractivity contribution in [2.75, 3.05) is 33.3 Å². The lowest BCUT2D eigenvalue weighted by atomic mass is 9.97. The van der Waals surface area contributed by atoms with Gasteiger partial charge in [0.15, 0.2) is 0 Å². The van der Waals surface area contributed by atoms with Gasteiger partial charge >= 0.3 is 0 Å². The van der Waals surface area contributed by atoms with Crippen LogP contribution in [0.15, 0.2) is 24.3 Å². The van der Waals surface area contributed by atoms with Gasteiger partial charge in [-0.15, -0.1) is 0 Å². The van der Waals surface area contributed by atoms with E-state index in [9.17, 15) is 4.79 Å². The number of hydrogen-bond donors (Lipinski definition) is 2. The first-order chi connectivity index (χ1) is 10.2. The molecule has 0 bridgehead atoms. The van der Waals surface area contributed by atoms with E-state index in [-0.39, 0.29) is 12.5 Å². The molecule has 0 spiro atoms. The molecule has 1 aromatic rings. The van der Waals surface area contributed by atoms with Crippen LogP contribution in [0.5, 0.6) is 0 Å². The maximum atomic E-state index is 12.2. The smallest absolute Gasteiger partial charge is 0.251 e. The molecule has 2 rings (SSSR count). The highest BCUT2D eigenvalue weighted by atomic mass is 16.2. The van der Waals surface area contributed by atoms with Gasteiger partial charge in [-0.05, 0) is 57.1 Å². The van der Waals surface area contributed by atoms with E-state index in [1.807, 2.05) is 12.1 Å². The summed E-state index contributed by atoms with van der Waals surface area (Å²) in [5.74, 6) is 5.92. The molecule has 1 aliphatic heterocycles. The standard InChI is InChI=1S/C17H22N2O2/c1-19-9-7-15(8-10-19)13-18-17(21)16-6-2-4-14(12-16)5-3-11-20/h2,4,6,12,15,20H,7-11,13H2,1H3,(H,18,21). The third-order valence-electron chi connectivity index (χ3n) is 3.83. The van der Waals surface area contributed by atoms with E-state index in [4.69, 9.17) is 5.11 Å². The quantitative estimate of drug-likeness (QED) is 0.818. The van der Waals surface area contributed by atoms with Crippen molar-refractivity contribution in [2.24, 2.45) is 5.92 Å². The van der Waals surface area contributed by atoms with Crippen LogP contribution in [0.2, 0.25) is 0 Å². The van der Waals surface area contributed by atoms with Crippen molar-refractivity contribution in [3.05, 3.63) is 35.4 Å². The maximum Gasteiger partial charge on any atom is 0.251 e. The lowest BCUT2D eigenvalue weighted by Crippen LogP contribution is -2.36. The monoisotopic (exact) mass is 286 g/mol. The van der Waals surface area contributed by atoms with Crippen molar-refractivity contribution in [1.82, 2.24) is 10.2 Å². The SMILES string of the molecule is CN1CCC(CNC(=O)c2cccc(C#CCO)c2)CC1. The minimum Gasteiger partial charge on any atom is -0.384 e. The summed E-state index contributed by atoms with van der Waals surface area (Å²) in [6, 6.07) is 7.18. The normalized spacial score (nSPS) is 16.1. The molecule has 1 heterocycles. The topological polar surface area (TPSA) is 52.6 Å². The molecule has 1 aliphatic rings. The van der Waals surface area contributed by atoms with Crippen molar-refractivity contribution in [3.8, 4) is 11.8 Å². The molecular weight excluding hydrogens is 264 g/mol. The van der Waals surface area contributed by atoms with Gasteiger partial charge in [0.25, 0.3) is 5.91 Å². The molecule has 0 saturated carbocycles. The molecule has 1 saturated heterocycles. The second kappa shape index (κ2) is 7.82. The Labute approximate surface area is 126 Å². The molecule has 0 radical (unpaired) electrons. The number of carbonyl (C=O) groups excluding carboxylic acids is 1. The average molecular weight is 286 g/mol. The molecule has 112 valence electrons. The van der Waals surface area contributed by atoms with Crippen LogP contribution in [0.3, 0.4) is 0 Å². The number of benzene rings is 1. The predicted molar refractivity (Wildman–Crippen MR) is 83.0 cm³/mol. The molecule has 2 N–H and O–H groups in total. The van der Waals surface area contributed by atoms with Gasteiger partial charge in [0, 0.05) is 17.7 Å². The highest BCUT2D eigenvalue weighted by Gasteiger charge is 2.17. The molecule has 1 amide bonds. The molecular formula is C17H22N2O2. The summed E-state index contributed by atoms with van der Waals surface area (Å²) in [5, 5.41) is 11.7. The van der Waals surface area contributed by atoms with Gasteiger partial charge in [-0.3, -0.25) is 4.79 Å². The lowest BCUT2D eigenvalue weighted by Gasteiger charge is -2.28. The van der Waals surface area contributed by atoms with Crippen molar-refractivity contribution < 1.29 is 9.90 Å². The van der Waals surface area contributed by atoms with Crippen LogP contribution in [-0.2, 0) is 0 Å². The fourth-order valence-corrected chi connectivity index (χ4v) is 2.49. The number of aliphatic hydroxyl groups excluding tert-OH is 1. The van der Waals surface area contributed by atoms with Gasteiger partial charge in [-0.2, -0.15) is 0 Å². The third kappa shape index (κ3) is 4.89. The summed E-state index contributed by atoms with van der Waals surface area (Å²) >= 11 is 0. The zero-order valence-corrected chi connectivity index (χ0v) is 12.4. The van der Waals surface area contributed by atoms with Crippen LogP contribution in [0, 0.1) is 17.8 Å². The Morgan fingerprint density at radius 1 is 1.43 bits per heavy atom. The molecule has 4 heteroatoms. The first-order valence-electron chi connectivity index (χ1n) is 7.35. The van der Waals surface area contributed by atoms with Gasteiger partial charge in [0.1, 0.15) is 6.61 Å². The highest BCUT2D eigenvalue weighted by Crippen LogP contribution is 2.15. The number of amides is 1. The van der Waals surface area contributed by atoms with E-state index in [1.165, 1.54) is 0 Å². The largest absolute Gasteiger partial charge is 0.384 e. The predicted octanol–water partition coefficient (Wildman–Crippen LogP) is 1.10. The van der Waals surface area contributed by atoms with Gasteiger partial charge < -0.3 is 15.3 Å². The number of piperidine rings is 1. The summed E-state index contributed by atoms with van der Waals surface area (Å²) < 4.78 is 0. The lowest BCUT2D eigenvalue weighted by molar-refractivity contribution is 0.0939. The van der Waals surface area contributed by atoms with Gasteiger partial charge in [0.2, 0.25) is 0 Å². The molecule has 1 aromatic carbocycles. The van der Waals surface area contributed by atoms with E-state index in [2.05, 4.69) is 29.1 Å². The minimum atomic E-state index is -0.174. The number of likely N-dealkylation sites (tertiary alicyclic amines) is 1. The third-order valence-corrected chi connectivity index (χ3v) is 3.83. The average Bonchev–Trinajstić information content (AvgIpc) is 2.52. The highest BCUT2D eigenvalue weighted by molar-refractivity contribution is 5.94. The number of nitrogens with zero attached hydrogens (tertiary/aromatic N) is 1. The summed E-state index contributed by atoms with van der Waals surface area (Å²) in [4.78, 5) is 14.5. The first kappa shape index (κ1) is 15.6. The summed E-state index contributed by atoms with van der Waals surface area (Å²) in [7, 11) is 2.13. The fourth-order valence-electron chi connectivity index (χ4n) is 2.49. The maximum absolute atomic E-state index is 12.2. The van der Waals surface area contributed by atoms with Gasteiger partial charge in [0.05, 0.1) is 0 Å². The van der Waals surface area contributed by atoms with Crippen molar-refractivity contribution in [2.45, 2.75) is 12.8 Å². The number of carbonyl (C=O) groups is 1. The van der Waals surface area contributed by atoms with Crippen molar-refractivity contribution in [1.29, 1.82) is 0 Å². The molecule has 0 unspecified atom stereocenters. The zero-order chi connectivity index (χ0) is 15.1. The van der Waals surface area contributed by atoms with Crippen LogP contribution in [0.25, 0.3) is 0 Å². The number of aliphatic hydroxyl groups is 1. The van der Waals surface area contributed by atoms with E-state index in [0.717, 1.165) is 38.0 Å². The Hall–Kier alpha value is -1.83. The Morgan fingerprint density at radius 3 is 2.90 bits per heavy atom. The Morgan fingerprint density at radius 2 is 2.19 bits per heavy atom. The van der Waals surface area contributed by atoms with Gasteiger partial charge in [-0.25, -0.2) is 0 Å². The summed E-state index contributed by atoms with van der Waals surface area (Å²) in [5.41, 5.74) is 1.36. The van der Waals surface area contributed by atoms with E-state index >= 15 is 0 Å². The molecule has 0 atom stereocenters. The van der Waals surface area contributed by atoms with Crippen LogP contribution < -0.4 is 5.32 Å². The number of hydrogen-bond acceptors (Lipinski definition) is 3. The molecule has 0 aliphatic carbocycles.